The minimum Gasteiger partial charge on any atom is -0.480 e. The number of anilines is 1. The smallest absolute Gasteiger partial charge is 0.285 e. The Labute approximate surface area is 210 Å². The van der Waals surface area contributed by atoms with Crippen molar-refractivity contribution in [2.45, 2.75) is 13.8 Å². The van der Waals surface area contributed by atoms with Gasteiger partial charge in [0, 0.05) is 38.3 Å². The number of hydrogen-bond acceptors (Lipinski definition) is 3. The van der Waals surface area contributed by atoms with Gasteiger partial charge in [-0.15, -0.1) is 48.1 Å². The molecule has 4 aromatic rings. The Kier molecular flexibility index (Phi) is 8.94. The summed E-state index contributed by atoms with van der Waals surface area (Å²) in [5, 5.41) is 0. The van der Waals surface area contributed by atoms with Crippen LogP contribution in [0.4, 0.5) is 5.82 Å². The Balaban J connectivity index is 0.000000202. The molecule has 2 aromatic heterocycles. The van der Waals surface area contributed by atoms with Gasteiger partial charge < -0.3 is 14.8 Å². The summed E-state index contributed by atoms with van der Waals surface area (Å²) in [7, 11) is 0. The Morgan fingerprint density at radius 1 is 0.788 bits per heavy atom. The van der Waals surface area contributed by atoms with Crippen LogP contribution in [-0.2, 0) is 20.1 Å². The molecule has 5 heteroatoms. The quantitative estimate of drug-likeness (QED) is 0.232. The molecule has 1 aliphatic heterocycles. The van der Waals surface area contributed by atoms with Crippen molar-refractivity contribution in [2.24, 2.45) is 0 Å². The maximum Gasteiger partial charge on any atom is 0.285 e. The third kappa shape index (κ3) is 6.16. The van der Waals surface area contributed by atoms with Gasteiger partial charge >= 0.3 is 0 Å². The molecule has 3 nitrogen and oxygen atoms in total. The summed E-state index contributed by atoms with van der Waals surface area (Å²) >= 11 is 0. The molecule has 0 fully saturated rings. The first kappa shape index (κ1) is 24.4. The van der Waals surface area contributed by atoms with Crippen LogP contribution in [0, 0.1) is 26.1 Å². The predicted octanol–water partition coefficient (Wildman–Crippen LogP) is 5.38. The first-order chi connectivity index (χ1) is 15.7. The molecule has 3 heterocycles. The van der Waals surface area contributed by atoms with Crippen LogP contribution < -0.4 is 10.3 Å². The van der Waals surface area contributed by atoms with Crippen molar-refractivity contribution in [1.82, 2.24) is 9.97 Å². The second kappa shape index (κ2) is 12.1. The zero-order valence-electron chi connectivity index (χ0n) is 18.6. The predicted molar refractivity (Wildman–Crippen MR) is 133 cm³/mol. The van der Waals surface area contributed by atoms with Crippen LogP contribution in [0.1, 0.15) is 11.1 Å². The van der Waals surface area contributed by atoms with Gasteiger partial charge in [0.15, 0.2) is 0 Å². The van der Waals surface area contributed by atoms with Gasteiger partial charge in [-0.25, -0.2) is 0 Å². The van der Waals surface area contributed by atoms with E-state index in [1.165, 1.54) is 16.6 Å². The van der Waals surface area contributed by atoms with Gasteiger partial charge in [-0.3, -0.25) is 0 Å². The minimum absolute atomic E-state index is 0. The fraction of sp³-hybridized carbons (Fsp3) is 0.0714. The molecule has 1 radical (unpaired) electrons. The number of allylic oxidation sites excluding steroid dienone is 2. The van der Waals surface area contributed by atoms with E-state index in [2.05, 4.69) is 71.1 Å². The molecule has 5 rings (SSSR count). The number of pyridine rings is 2. The van der Waals surface area contributed by atoms with Crippen LogP contribution in [0.3, 0.4) is 0 Å². The molecular weight excluding hydrogens is 581 g/mol. The van der Waals surface area contributed by atoms with Crippen molar-refractivity contribution < 1.29 is 20.1 Å². The van der Waals surface area contributed by atoms with Crippen LogP contribution in [0.15, 0.2) is 109 Å². The standard InChI is InChI=1S/C17H16BN2.C11H8N.Ir/c1-14-8-7-9-15(2)17(14)18-11-4-6-13-20(18)16-10-3-5-12-19-16;1-2-6-10(7-3-1)11-8-4-5-9-12-11;/h3-12H,1-2H3;1-6,8-9H;/q2*-1;. The molecule has 0 unspecified atom stereocenters. The van der Waals surface area contributed by atoms with Crippen molar-refractivity contribution in [3.63, 3.8) is 0 Å². The summed E-state index contributed by atoms with van der Waals surface area (Å²) in [6.45, 7) is 4.46. The van der Waals surface area contributed by atoms with E-state index in [9.17, 15) is 0 Å². The summed E-state index contributed by atoms with van der Waals surface area (Å²) < 4.78 is 0. The van der Waals surface area contributed by atoms with Crippen LogP contribution in [-0.4, -0.2) is 16.8 Å². The Morgan fingerprint density at radius 2 is 1.52 bits per heavy atom. The number of aromatic nitrogens is 2. The number of aryl methyl sites for hydroxylation is 2. The topological polar surface area (TPSA) is 29.0 Å². The van der Waals surface area contributed by atoms with E-state index < -0.39 is 0 Å². The second-order valence-electron chi connectivity index (χ2n) is 7.48. The summed E-state index contributed by atoms with van der Waals surface area (Å²) in [6.07, 6.45) is 10.9. The van der Waals surface area contributed by atoms with Gasteiger partial charge in [-0.2, -0.15) is 12.2 Å². The van der Waals surface area contributed by atoms with Gasteiger partial charge in [0.05, 0.1) is 0 Å². The van der Waals surface area contributed by atoms with E-state index >= 15 is 0 Å². The van der Waals surface area contributed by atoms with Gasteiger partial charge in [0.1, 0.15) is 0 Å². The van der Waals surface area contributed by atoms with E-state index in [1.54, 1.807) is 6.20 Å². The molecule has 0 atom stereocenters. The Bertz CT molecular complexity index is 1140. The molecule has 0 N–H and O–H groups in total. The van der Waals surface area contributed by atoms with Crippen molar-refractivity contribution in [2.75, 3.05) is 4.81 Å². The van der Waals surface area contributed by atoms with Gasteiger partial charge in [-0.05, 0) is 37.1 Å². The first-order valence-corrected chi connectivity index (χ1v) is 10.6. The van der Waals surface area contributed by atoms with Crippen molar-refractivity contribution in [3.05, 3.63) is 133 Å². The molecule has 0 aliphatic carbocycles. The van der Waals surface area contributed by atoms with Crippen LogP contribution in [0.2, 0.25) is 0 Å². The summed E-state index contributed by atoms with van der Waals surface area (Å²) in [5.41, 5.74) is 5.93. The second-order valence-corrected chi connectivity index (χ2v) is 7.48. The molecule has 1 aliphatic rings. The average molecular weight is 606 g/mol. The summed E-state index contributed by atoms with van der Waals surface area (Å²) in [5.74, 6) is 3.11. The minimum atomic E-state index is 0. The van der Waals surface area contributed by atoms with E-state index in [0.29, 0.717) is 0 Å². The molecule has 0 saturated heterocycles. The zero-order chi connectivity index (χ0) is 22.2. The monoisotopic (exact) mass is 606 g/mol. The molecule has 0 saturated carbocycles. The van der Waals surface area contributed by atoms with Gasteiger partial charge in [0.2, 0.25) is 0 Å². The van der Waals surface area contributed by atoms with Crippen LogP contribution in [0.5, 0.6) is 0 Å². The zero-order valence-corrected chi connectivity index (χ0v) is 21.0. The fourth-order valence-electron chi connectivity index (χ4n) is 3.75. The first-order valence-electron chi connectivity index (χ1n) is 10.6. The normalized spacial score (nSPS) is 11.9. The molecule has 165 valence electrons. The average Bonchev–Trinajstić information content (AvgIpc) is 2.86. The van der Waals surface area contributed by atoms with Crippen molar-refractivity contribution >= 4 is 18.1 Å². The van der Waals surface area contributed by atoms with E-state index in [-0.39, 0.29) is 27.0 Å². The van der Waals surface area contributed by atoms with Gasteiger partial charge in [0.25, 0.3) is 6.85 Å². The van der Waals surface area contributed by atoms with Crippen LogP contribution >= 0.6 is 0 Å². The molecular formula is C28H24BIrN3-2. The third-order valence-electron chi connectivity index (χ3n) is 5.27. The number of nitrogens with zero attached hydrogens (tertiary/aromatic N) is 3. The molecule has 0 spiro atoms. The number of hydrogen-bond donors (Lipinski definition) is 0. The van der Waals surface area contributed by atoms with Crippen molar-refractivity contribution in [1.29, 1.82) is 0 Å². The van der Waals surface area contributed by atoms with Gasteiger partial charge in [-0.1, -0.05) is 53.6 Å². The third-order valence-corrected chi connectivity index (χ3v) is 5.27. The summed E-state index contributed by atoms with van der Waals surface area (Å²) in [4.78, 5) is 10.8. The summed E-state index contributed by atoms with van der Waals surface area (Å²) in [6, 6.07) is 29.2. The molecule has 0 bridgehead atoms. The Hall–Kier alpha value is -3.27. The van der Waals surface area contributed by atoms with E-state index in [1.807, 2.05) is 72.9 Å². The molecule has 2 aromatic carbocycles. The van der Waals surface area contributed by atoms with E-state index in [0.717, 1.165) is 17.1 Å². The Morgan fingerprint density at radius 3 is 2.15 bits per heavy atom. The fourth-order valence-corrected chi connectivity index (χ4v) is 3.75. The maximum absolute atomic E-state index is 4.45. The molecule has 0 amide bonds. The number of benzene rings is 2. The molecule has 33 heavy (non-hydrogen) atoms. The van der Waals surface area contributed by atoms with E-state index in [4.69, 9.17) is 0 Å². The van der Waals surface area contributed by atoms with Crippen LogP contribution in [0.25, 0.3) is 11.3 Å². The largest absolute Gasteiger partial charge is 0.480 e. The maximum atomic E-state index is 4.45. The number of rotatable bonds is 3. The van der Waals surface area contributed by atoms with Crippen molar-refractivity contribution in [3.8, 4) is 11.3 Å². The SMILES string of the molecule is Cc1cccc(C)c1B1C=CC=[C-]N1c1ccccn1.[Ir].[c-]1ccccc1-c1ccccn1.